The van der Waals surface area contributed by atoms with Gasteiger partial charge in [0.2, 0.25) is 5.95 Å². The monoisotopic (exact) mass is 391 g/mol. The van der Waals surface area contributed by atoms with E-state index in [0.717, 1.165) is 4.47 Å². The van der Waals surface area contributed by atoms with Crippen LogP contribution in [-0.4, -0.2) is 26.2 Å². The van der Waals surface area contributed by atoms with Crippen LogP contribution in [0.5, 0.6) is 0 Å². The van der Waals surface area contributed by atoms with E-state index in [4.69, 9.17) is 4.74 Å². The van der Waals surface area contributed by atoms with Gasteiger partial charge in [0, 0.05) is 40.1 Å². The number of nitrogens with zero attached hydrogens (tertiary/aromatic N) is 3. The van der Waals surface area contributed by atoms with Crippen LogP contribution in [0.3, 0.4) is 0 Å². The van der Waals surface area contributed by atoms with E-state index in [1.54, 1.807) is 39.2 Å². The van der Waals surface area contributed by atoms with Gasteiger partial charge >= 0.3 is 6.09 Å². The highest BCUT2D eigenvalue weighted by atomic mass is 79.9. The zero-order chi connectivity index (χ0) is 17.5. The van der Waals surface area contributed by atoms with Crippen molar-refractivity contribution < 1.29 is 13.9 Å². The minimum absolute atomic E-state index is 0.444. The number of hydrogen-bond donors (Lipinski definition) is 0. The molecule has 0 amide bonds. The Balaban J connectivity index is 2.20. The predicted octanol–water partition coefficient (Wildman–Crippen LogP) is 4.78. The lowest BCUT2D eigenvalue weighted by Crippen LogP contribution is -2.26. The molecule has 0 saturated heterocycles. The quantitative estimate of drug-likeness (QED) is 0.559. The maximum Gasteiger partial charge on any atom is 0.420 e. The smallest absolute Gasteiger partial charge is 0.420 e. The summed E-state index contributed by atoms with van der Waals surface area (Å²) in [6.45, 7) is 5.37. The molecule has 24 heavy (non-hydrogen) atoms. The van der Waals surface area contributed by atoms with Gasteiger partial charge in [-0.15, -0.1) is 0 Å². The van der Waals surface area contributed by atoms with Gasteiger partial charge in [0.1, 0.15) is 11.2 Å². The molecule has 5 nitrogen and oxygen atoms in total. The zero-order valence-electron chi connectivity index (χ0n) is 13.4. The van der Waals surface area contributed by atoms with Crippen molar-refractivity contribution in [3.63, 3.8) is 0 Å². The van der Waals surface area contributed by atoms with E-state index in [1.165, 1.54) is 16.8 Å². The highest BCUT2D eigenvalue weighted by Gasteiger charge is 2.22. The van der Waals surface area contributed by atoms with Gasteiger partial charge in [0.15, 0.2) is 0 Å². The summed E-state index contributed by atoms with van der Waals surface area (Å²) in [6.07, 6.45) is 4.04. The molecule has 7 heteroatoms. The van der Waals surface area contributed by atoms with E-state index >= 15 is 0 Å². The summed E-state index contributed by atoms with van der Waals surface area (Å²) in [7, 11) is 0. The van der Waals surface area contributed by atoms with Crippen molar-refractivity contribution in [2.75, 3.05) is 0 Å². The van der Waals surface area contributed by atoms with Crippen LogP contribution in [0.4, 0.5) is 9.18 Å². The first-order valence-electron chi connectivity index (χ1n) is 7.26. The van der Waals surface area contributed by atoms with Crippen molar-refractivity contribution in [1.29, 1.82) is 0 Å². The summed E-state index contributed by atoms with van der Waals surface area (Å²) in [5.41, 5.74) is 1.09. The zero-order valence-corrected chi connectivity index (χ0v) is 15.0. The number of rotatable bonds is 1. The third kappa shape index (κ3) is 3.31. The molecule has 3 aromatic rings. The molecular weight excluding hydrogens is 377 g/mol. The van der Waals surface area contributed by atoms with Crippen LogP contribution in [0.15, 0.2) is 41.3 Å². The first-order chi connectivity index (χ1) is 11.2. The van der Waals surface area contributed by atoms with E-state index in [9.17, 15) is 9.18 Å². The Hall–Kier alpha value is -2.28. The number of aromatic nitrogens is 3. The second-order valence-corrected chi connectivity index (χ2v) is 7.20. The fourth-order valence-corrected chi connectivity index (χ4v) is 2.66. The van der Waals surface area contributed by atoms with Gasteiger partial charge in [0.05, 0.1) is 0 Å². The van der Waals surface area contributed by atoms with Gasteiger partial charge in [0.25, 0.3) is 0 Å². The molecule has 0 atom stereocenters. The molecule has 0 radical (unpaired) electrons. The SMILES string of the molecule is CC(C)(C)OC(=O)n1cc(-c2ccnc(F)c2)c2cc(Br)cnc21. The minimum Gasteiger partial charge on any atom is -0.443 e. The minimum atomic E-state index is -0.633. The Morgan fingerprint density at radius 2 is 2.04 bits per heavy atom. The molecule has 0 bridgehead atoms. The highest BCUT2D eigenvalue weighted by molar-refractivity contribution is 9.10. The van der Waals surface area contributed by atoms with Crippen LogP contribution < -0.4 is 0 Å². The van der Waals surface area contributed by atoms with Crippen molar-refractivity contribution in [3.05, 3.63) is 47.2 Å². The molecule has 0 aliphatic carbocycles. The van der Waals surface area contributed by atoms with Crippen molar-refractivity contribution in [1.82, 2.24) is 14.5 Å². The van der Waals surface area contributed by atoms with Crippen LogP contribution in [0.25, 0.3) is 22.2 Å². The Morgan fingerprint density at radius 1 is 1.29 bits per heavy atom. The first kappa shape index (κ1) is 16.6. The largest absolute Gasteiger partial charge is 0.443 e. The van der Waals surface area contributed by atoms with E-state index < -0.39 is 17.6 Å². The second-order valence-electron chi connectivity index (χ2n) is 6.29. The lowest BCUT2D eigenvalue weighted by Gasteiger charge is -2.19. The number of pyridine rings is 2. The normalized spacial score (nSPS) is 11.7. The lowest BCUT2D eigenvalue weighted by molar-refractivity contribution is 0.0544. The third-order valence-corrected chi connectivity index (χ3v) is 3.67. The standard InChI is InChI=1S/C17H15BrFN3O2/c1-17(2,3)24-16(23)22-9-13(10-4-5-20-14(19)6-10)12-7-11(18)8-21-15(12)22/h4-9H,1-3H3. The Kier molecular flexibility index (Phi) is 4.13. The van der Waals surface area contributed by atoms with E-state index in [-0.39, 0.29) is 0 Å². The van der Waals surface area contributed by atoms with Crippen molar-refractivity contribution in [2.24, 2.45) is 0 Å². The average molecular weight is 392 g/mol. The Morgan fingerprint density at radius 3 is 2.71 bits per heavy atom. The van der Waals surface area contributed by atoms with E-state index in [1.807, 2.05) is 6.07 Å². The number of fused-ring (bicyclic) bond motifs is 1. The third-order valence-electron chi connectivity index (χ3n) is 3.24. The van der Waals surface area contributed by atoms with Gasteiger partial charge in [-0.05, 0) is 54.4 Å². The highest BCUT2D eigenvalue weighted by Crippen LogP contribution is 2.32. The molecule has 0 spiro atoms. The summed E-state index contributed by atoms with van der Waals surface area (Å²) < 4.78 is 21.0. The molecule has 0 N–H and O–H groups in total. The van der Waals surface area contributed by atoms with Crippen molar-refractivity contribution in [2.45, 2.75) is 26.4 Å². The van der Waals surface area contributed by atoms with Crippen LogP contribution in [-0.2, 0) is 4.74 Å². The van der Waals surface area contributed by atoms with Crippen molar-refractivity contribution >= 4 is 33.1 Å². The Labute approximate surface area is 146 Å². The molecular formula is C17H15BrFN3O2. The van der Waals surface area contributed by atoms with Crippen molar-refractivity contribution in [3.8, 4) is 11.1 Å². The molecule has 3 aromatic heterocycles. The number of hydrogen-bond acceptors (Lipinski definition) is 4. The molecule has 124 valence electrons. The predicted molar refractivity (Wildman–Crippen MR) is 92.3 cm³/mol. The van der Waals surface area contributed by atoms with E-state index in [2.05, 4.69) is 25.9 Å². The topological polar surface area (TPSA) is 57.0 Å². The summed E-state index contributed by atoms with van der Waals surface area (Å²) in [5.74, 6) is -0.589. The summed E-state index contributed by atoms with van der Waals surface area (Å²) in [4.78, 5) is 20.3. The molecule has 0 aliphatic rings. The Bertz CT molecular complexity index is 931. The number of halogens is 2. The van der Waals surface area contributed by atoms with E-state index in [0.29, 0.717) is 22.2 Å². The number of carbonyl (C=O) groups is 1. The van der Waals surface area contributed by atoms with Gasteiger partial charge in [-0.25, -0.2) is 19.3 Å². The first-order valence-corrected chi connectivity index (χ1v) is 8.06. The maximum absolute atomic E-state index is 13.5. The fourth-order valence-electron chi connectivity index (χ4n) is 2.33. The van der Waals surface area contributed by atoms with Gasteiger partial charge in [-0.1, -0.05) is 0 Å². The molecule has 0 unspecified atom stereocenters. The number of carbonyl (C=O) groups excluding carboxylic acids is 1. The van der Waals surface area contributed by atoms with Gasteiger partial charge < -0.3 is 4.74 Å². The number of ether oxygens (including phenoxy) is 1. The summed E-state index contributed by atoms with van der Waals surface area (Å²) in [5, 5.41) is 0.709. The second kappa shape index (κ2) is 5.98. The molecule has 0 saturated carbocycles. The molecule has 3 heterocycles. The summed E-state index contributed by atoms with van der Waals surface area (Å²) >= 11 is 3.37. The molecule has 0 aliphatic heterocycles. The average Bonchev–Trinajstić information content (AvgIpc) is 2.84. The van der Waals surface area contributed by atoms with Gasteiger partial charge in [-0.2, -0.15) is 4.39 Å². The van der Waals surface area contributed by atoms with Gasteiger partial charge in [-0.3, -0.25) is 0 Å². The fraction of sp³-hybridized carbons (Fsp3) is 0.235. The molecule has 0 fully saturated rings. The summed E-state index contributed by atoms with van der Waals surface area (Å²) in [6, 6.07) is 4.82. The molecule has 3 rings (SSSR count). The lowest BCUT2D eigenvalue weighted by atomic mass is 10.1. The maximum atomic E-state index is 13.5. The van der Waals surface area contributed by atoms with Crippen LogP contribution in [0.2, 0.25) is 0 Å². The molecule has 0 aromatic carbocycles. The van der Waals surface area contributed by atoms with Crippen LogP contribution in [0.1, 0.15) is 20.8 Å². The van der Waals surface area contributed by atoms with Crippen LogP contribution >= 0.6 is 15.9 Å². The van der Waals surface area contributed by atoms with Crippen LogP contribution in [0, 0.1) is 5.95 Å².